The van der Waals surface area contributed by atoms with Crippen molar-refractivity contribution < 1.29 is 4.79 Å². The van der Waals surface area contributed by atoms with Gasteiger partial charge >= 0.3 is 6.03 Å². The summed E-state index contributed by atoms with van der Waals surface area (Å²) < 4.78 is 3.01. The molecule has 5 rings (SSSR count). The summed E-state index contributed by atoms with van der Waals surface area (Å²) in [6.45, 7) is 0.715. The van der Waals surface area contributed by atoms with Gasteiger partial charge in [0, 0.05) is 40.4 Å². The van der Waals surface area contributed by atoms with E-state index in [2.05, 4.69) is 47.2 Å². The number of hydrogen-bond donors (Lipinski definition) is 3. The molecule has 0 atom stereocenters. The van der Waals surface area contributed by atoms with Crippen molar-refractivity contribution in [2.45, 2.75) is 6.54 Å². The first-order chi connectivity index (χ1) is 14.7. The smallest absolute Gasteiger partial charge is 0.323 e. The average molecular weight is 497 g/mol. The van der Waals surface area contributed by atoms with Crippen LogP contribution in [0.2, 0.25) is 0 Å². The summed E-state index contributed by atoms with van der Waals surface area (Å²) in [5.74, 6) is 0. The molecule has 3 aromatic heterocycles. The lowest BCUT2D eigenvalue weighted by atomic mass is 10.2. The van der Waals surface area contributed by atoms with E-state index in [9.17, 15) is 4.79 Å². The third-order valence-electron chi connectivity index (χ3n) is 5.08. The van der Waals surface area contributed by atoms with Gasteiger partial charge in [-0.25, -0.2) is 9.78 Å². The molecule has 0 unspecified atom stereocenters. The molecule has 2 amide bonds. The van der Waals surface area contributed by atoms with Gasteiger partial charge in [0.05, 0.1) is 16.9 Å². The zero-order valence-electron chi connectivity index (χ0n) is 16.3. The Morgan fingerprint density at radius 1 is 0.968 bits per heavy atom. The molecule has 0 bridgehead atoms. The molecule has 0 spiro atoms. The molecule has 0 saturated heterocycles. The number of aromatic nitrogens is 3. The van der Waals surface area contributed by atoms with Crippen LogP contribution in [-0.2, 0) is 6.54 Å². The van der Waals surface area contributed by atoms with E-state index < -0.39 is 0 Å². The molecule has 0 aliphatic carbocycles. The van der Waals surface area contributed by atoms with Gasteiger partial charge < -0.3 is 20.2 Å². The Bertz CT molecular complexity index is 1380. The predicted molar refractivity (Wildman–Crippen MR) is 131 cm³/mol. The summed E-state index contributed by atoms with van der Waals surface area (Å²) in [5, 5.41) is 7.93. The normalized spacial score (nSPS) is 10.7. The summed E-state index contributed by atoms with van der Waals surface area (Å²) in [7, 11) is 0. The average Bonchev–Trinajstić information content (AvgIpc) is 3.38. The third kappa shape index (κ3) is 4.15. The van der Waals surface area contributed by atoms with E-state index >= 15 is 0 Å². The third-order valence-corrected chi connectivity index (χ3v) is 5.77. The van der Waals surface area contributed by atoms with E-state index in [0.29, 0.717) is 12.2 Å². The van der Waals surface area contributed by atoms with Crippen LogP contribution in [0.5, 0.6) is 0 Å². The Balaban J connectivity index is 0.00000231. The first-order valence-electron chi connectivity index (χ1n) is 9.50. The van der Waals surface area contributed by atoms with Gasteiger partial charge in [0.2, 0.25) is 0 Å². The van der Waals surface area contributed by atoms with Crippen molar-refractivity contribution in [3.8, 4) is 0 Å². The minimum absolute atomic E-state index is 0. The number of carbonyl (C=O) groups is 1. The number of aromatic amines is 1. The summed E-state index contributed by atoms with van der Waals surface area (Å²) in [6, 6.07) is 19.2. The first kappa shape index (κ1) is 21.0. The number of benzene rings is 2. The SMILES string of the molecule is Cl.O=C(Nc1ccccc1Br)Nc1cccc2c1ccn2Cc1ccnc2[nH]ccc12. The van der Waals surface area contributed by atoms with Crippen LogP contribution in [0.3, 0.4) is 0 Å². The maximum absolute atomic E-state index is 12.5. The number of fused-ring (bicyclic) bond motifs is 2. The van der Waals surface area contributed by atoms with Gasteiger partial charge in [-0.1, -0.05) is 18.2 Å². The topological polar surface area (TPSA) is 74.7 Å². The number of hydrogen-bond acceptors (Lipinski definition) is 2. The van der Waals surface area contributed by atoms with E-state index in [4.69, 9.17) is 0 Å². The first-order valence-corrected chi connectivity index (χ1v) is 10.3. The highest BCUT2D eigenvalue weighted by molar-refractivity contribution is 9.10. The Kier molecular flexibility index (Phi) is 5.97. The minimum atomic E-state index is -0.287. The molecule has 8 heteroatoms. The van der Waals surface area contributed by atoms with Gasteiger partial charge in [0.15, 0.2) is 0 Å². The number of rotatable bonds is 4. The zero-order chi connectivity index (χ0) is 20.5. The van der Waals surface area contributed by atoms with Crippen LogP contribution in [0.25, 0.3) is 21.9 Å². The van der Waals surface area contributed by atoms with Gasteiger partial charge in [-0.2, -0.15) is 0 Å². The predicted octanol–water partition coefficient (Wildman–Crippen LogP) is 6.39. The van der Waals surface area contributed by atoms with Crippen molar-refractivity contribution in [2.24, 2.45) is 0 Å². The second kappa shape index (κ2) is 8.83. The number of halogens is 2. The van der Waals surface area contributed by atoms with Crippen molar-refractivity contribution >= 4 is 67.7 Å². The van der Waals surface area contributed by atoms with Crippen molar-refractivity contribution in [3.63, 3.8) is 0 Å². The Hall–Kier alpha value is -3.29. The van der Waals surface area contributed by atoms with Gasteiger partial charge in [-0.3, -0.25) is 0 Å². The van der Waals surface area contributed by atoms with E-state index in [1.807, 2.05) is 73.2 Å². The second-order valence-electron chi connectivity index (χ2n) is 6.95. The monoisotopic (exact) mass is 495 g/mol. The van der Waals surface area contributed by atoms with Gasteiger partial charge in [0.1, 0.15) is 5.65 Å². The zero-order valence-corrected chi connectivity index (χ0v) is 18.7. The number of carbonyl (C=O) groups excluding carboxylic acids is 1. The van der Waals surface area contributed by atoms with Crippen molar-refractivity contribution in [1.82, 2.24) is 14.5 Å². The summed E-state index contributed by atoms with van der Waals surface area (Å²) in [4.78, 5) is 20.0. The molecule has 0 fully saturated rings. The van der Waals surface area contributed by atoms with Crippen molar-refractivity contribution in [3.05, 3.63) is 89.3 Å². The van der Waals surface area contributed by atoms with Crippen LogP contribution in [-0.4, -0.2) is 20.6 Å². The van der Waals surface area contributed by atoms with Gasteiger partial charge in [0.25, 0.3) is 0 Å². The van der Waals surface area contributed by atoms with Crippen LogP contribution < -0.4 is 10.6 Å². The van der Waals surface area contributed by atoms with Crippen LogP contribution >= 0.6 is 28.3 Å². The molecular formula is C23H19BrClN5O. The highest BCUT2D eigenvalue weighted by atomic mass is 79.9. The number of nitrogens with zero attached hydrogens (tertiary/aromatic N) is 2. The lowest BCUT2D eigenvalue weighted by Gasteiger charge is -2.11. The Labute approximate surface area is 193 Å². The molecule has 0 saturated carbocycles. The van der Waals surface area contributed by atoms with Crippen LogP contribution in [0.15, 0.2) is 83.7 Å². The van der Waals surface area contributed by atoms with Crippen LogP contribution in [0.4, 0.5) is 16.2 Å². The molecule has 3 N–H and O–H groups in total. The molecule has 2 aromatic carbocycles. The fourth-order valence-corrected chi connectivity index (χ4v) is 4.03. The minimum Gasteiger partial charge on any atom is -0.346 e. The number of anilines is 2. The van der Waals surface area contributed by atoms with E-state index in [1.165, 1.54) is 5.56 Å². The van der Waals surface area contributed by atoms with Gasteiger partial charge in [-0.15, -0.1) is 12.4 Å². The molecule has 0 aliphatic heterocycles. The lowest BCUT2D eigenvalue weighted by Crippen LogP contribution is -2.19. The molecule has 0 aliphatic rings. The highest BCUT2D eigenvalue weighted by Crippen LogP contribution is 2.27. The molecule has 0 radical (unpaired) electrons. The highest BCUT2D eigenvalue weighted by Gasteiger charge is 2.11. The molecular weight excluding hydrogens is 478 g/mol. The molecule has 31 heavy (non-hydrogen) atoms. The molecule has 6 nitrogen and oxygen atoms in total. The number of H-pyrrole nitrogens is 1. The number of nitrogens with one attached hydrogen (secondary N) is 3. The van der Waals surface area contributed by atoms with Gasteiger partial charge in [-0.05, 0) is 64.0 Å². The molecule has 3 heterocycles. The summed E-state index contributed by atoms with van der Waals surface area (Å²) in [6.07, 6.45) is 5.76. The lowest BCUT2D eigenvalue weighted by molar-refractivity contribution is 0.262. The maximum atomic E-state index is 12.5. The van der Waals surface area contributed by atoms with Crippen molar-refractivity contribution in [1.29, 1.82) is 0 Å². The number of para-hydroxylation sites is 1. The number of amides is 2. The standard InChI is InChI=1S/C23H18BrN5O.ClH/c24-18-4-1-2-5-20(18)28-23(30)27-19-6-3-7-21-17(19)10-13-29(21)14-15-8-11-25-22-16(15)9-12-26-22;/h1-13H,14H2,(H,25,26)(H2,27,28,30);1H. The molecule has 156 valence electrons. The van der Waals surface area contributed by atoms with E-state index in [1.54, 1.807) is 0 Å². The molecule has 5 aromatic rings. The van der Waals surface area contributed by atoms with E-state index in [0.717, 1.165) is 32.1 Å². The summed E-state index contributed by atoms with van der Waals surface area (Å²) in [5.41, 5.74) is 4.60. The number of pyridine rings is 1. The van der Waals surface area contributed by atoms with E-state index in [-0.39, 0.29) is 18.4 Å². The fourth-order valence-electron chi connectivity index (χ4n) is 3.65. The maximum Gasteiger partial charge on any atom is 0.323 e. The number of urea groups is 1. The van der Waals surface area contributed by atoms with Crippen LogP contribution in [0, 0.1) is 0 Å². The van der Waals surface area contributed by atoms with Crippen molar-refractivity contribution in [2.75, 3.05) is 10.6 Å². The largest absolute Gasteiger partial charge is 0.346 e. The fraction of sp³-hybridized carbons (Fsp3) is 0.0435. The Morgan fingerprint density at radius 3 is 2.65 bits per heavy atom. The Morgan fingerprint density at radius 2 is 1.77 bits per heavy atom. The van der Waals surface area contributed by atoms with Crippen LogP contribution in [0.1, 0.15) is 5.56 Å². The quantitative estimate of drug-likeness (QED) is 0.269. The second-order valence-corrected chi connectivity index (χ2v) is 7.81. The summed E-state index contributed by atoms with van der Waals surface area (Å²) >= 11 is 3.45.